The number of phosphoric ester groups is 1. The van der Waals surface area contributed by atoms with Gasteiger partial charge in [0.05, 0.1) is 15.0 Å². The minimum atomic E-state index is -5.32. The molecule has 10 heteroatoms. The molecule has 0 bridgehead atoms. The molecule has 0 unspecified atom stereocenters. The number of nitrogens with zero attached hydrogens (tertiary/aromatic N) is 1. The summed E-state index contributed by atoms with van der Waals surface area (Å²) in [5.41, 5.74) is -0.450. The minimum Gasteiger partial charge on any atom is -0.780 e. The van der Waals surface area contributed by atoms with Gasteiger partial charge in [0, 0.05) is 12.1 Å². The highest BCUT2D eigenvalue weighted by Crippen LogP contribution is 2.42. The molecule has 0 N–H and O–H groups in total. The lowest BCUT2D eigenvalue weighted by Gasteiger charge is -2.29. The number of rotatable bonds is 3. The fourth-order valence-corrected chi connectivity index (χ4v) is 1.93. The number of hydrogen-bond acceptors (Lipinski definition) is 6. The minimum absolute atomic E-state index is 0.439. The molecule has 0 heterocycles. The van der Waals surface area contributed by atoms with Gasteiger partial charge in [-0.3, -0.25) is 10.1 Å². The molecule has 0 aliphatic carbocycles. The zero-order valence-corrected chi connectivity index (χ0v) is 9.66. The molecule has 0 aliphatic rings. The normalized spacial score (nSPS) is 11.2. The highest BCUT2D eigenvalue weighted by atomic mass is 35.5. The molecule has 1 aromatic rings. The smallest absolute Gasteiger partial charge is 0.272 e. The lowest BCUT2D eigenvalue weighted by molar-refractivity contribution is -0.384. The maximum Gasteiger partial charge on any atom is 0.272 e. The Morgan fingerprint density at radius 1 is 1.25 bits per heavy atom. The summed E-state index contributed by atoms with van der Waals surface area (Å²) in [6, 6.07) is 1.64. The third-order valence-electron chi connectivity index (χ3n) is 1.40. The molecule has 16 heavy (non-hydrogen) atoms. The van der Waals surface area contributed by atoms with Crippen molar-refractivity contribution in [3.8, 4) is 5.75 Å². The van der Waals surface area contributed by atoms with Crippen LogP contribution in [-0.4, -0.2) is 4.92 Å². The van der Waals surface area contributed by atoms with Crippen molar-refractivity contribution >= 4 is 36.7 Å². The zero-order chi connectivity index (χ0) is 12.5. The Bertz CT molecular complexity index is 463. The summed E-state index contributed by atoms with van der Waals surface area (Å²) in [5, 5.41) is 9.49. The molecule has 0 amide bonds. The van der Waals surface area contributed by atoms with E-state index in [1.54, 1.807) is 0 Å². The van der Waals surface area contributed by atoms with Gasteiger partial charge in [-0.2, -0.15) is 0 Å². The molecule has 0 saturated carbocycles. The van der Waals surface area contributed by atoms with Gasteiger partial charge >= 0.3 is 0 Å². The van der Waals surface area contributed by atoms with E-state index in [0.717, 1.165) is 12.1 Å². The number of non-ortho nitro benzene ring substituents is 1. The summed E-state index contributed by atoms with van der Waals surface area (Å²) in [6.07, 6.45) is 0. The standard InChI is InChI=1S/C6H4Cl2NO6P/c7-4-1-3(9(10)11)2-5(8)6(4)15-16(12,13)14/h1-2H,(H2,12,13,14)/p-2. The van der Waals surface area contributed by atoms with Crippen LogP contribution in [0.5, 0.6) is 5.75 Å². The van der Waals surface area contributed by atoms with E-state index in [0.29, 0.717) is 0 Å². The predicted octanol–water partition coefficient (Wildman–Crippen LogP) is 1.11. The average molecular weight is 286 g/mol. The van der Waals surface area contributed by atoms with E-state index >= 15 is 0 Å². The molecule has 0 fully saturated rings. The van der Waals surface area contributed by atoms with Crippen molar-refractivity contribution in [2.75, 3.05) is 0 Å². The summed E-state index contributed by atoms with van der Waals surface area (Å²) >= 11 is 10.9. The second-order valence-electron chi connectivity index (χ2n) is 2.53. The Morgan fingerprint density at radius 2 is 1.69 bits per heavy atom. The quantitative estimate of drug-likeness (QED) is 0.466. The van der Waals surface area contributed by atoms with Crippen molar-refractivity contribution in [1.29, 1.82) is 0 Å². The molecule has 0 saturated heterocycles. The summed E-state index contributed by atoms with van der Waals surface area (Å²) in [7, 11) is -5.32. The number of hydrogen-bond donors (Lipinski definition) is 0. The molecule has 0 spiro atoms. The molecule has 0 atom stereocenters. The number of nitro groups is 1. The fraction of sp³-hybridized carbons (Fsp3) is 0. The average Bonchev–Trinajstić information content (AvgIpc) is 2.09. The van der Waals surface area contributed by atoms with Gasteiger partial charge in [0.2, 0.25) is 0 Å². The van der Waals surface area contributed by atoms with Gasteiger partial charge in [-0.15, -0.1) is 0 Å². The van der Waals surface area contributed by atoms with Crippen LogP contribution in [0.4, 0.5) is 5.69 Å². The molecule has 88 valence electrons. The highest BCUT2D eigenvalue weighted by Gasteiger charge is 2.16. The SMILES string of the molecule is O=[N+]([O-])c1cc(Cl)c(OP(=O)([O-])[O-])c(Cl)c1. The van der Waals surface area contributed by atoms with Crippen LogP contribution in [0, 0.1) is 10.1 Å². The van der Waals surface area contributed by atoms with Crippen LogP contribution in [0.1, 0.15) is 0 Å². The second-order valence-corrected chi connectivity index (χ2v) is 4.43. The summed E-state index contributed by atoms with van der Waals surface area (Å²) in [5.74, 6) is -0.623. The van der Waals surface area contributed by atoms with E-state index in [2.05, 4.69) is 4.52 Å². The van der Waals surface area contributed by atoms with Crippen LogP contribution in [0.15, 0.2) is 12.1 Å². The molecular weight excluding hydrogens is 284 g/mol. The number of benzene rings is 1. The first-order valence-corrected chi connectivity index (χ1v) is 5.77. The predicted molar refractivity (Wildman–Crippen MR) is 51.4 cm³/mol. The van der Waals surface area contributed by atoms with E-state index < -0.39 is 34.2 Å². The second kappa shape index (κ2) is 4.57. The Balaban J connectivity index is 3.23. The van der Waals surface area contributed by atoms with E-state index in [4.69, 9.17) is 23.2 Å². The van der Waals surface area contributed by atoms with E-state index in [1.807, 2.05) is 0 Å². The van der Waals surface area contributed by atoms with Crippen molar-refractivity contribution in [2.24, 2.45) is 0 Å². The van der Waals surface area contributed by atoms with E-state index in [-0.39, 0.29) is 0 Å². The van der Waals surface area contributed by atoms with Crippen LogP contribution >= 0.6 is 31.0 Å². The van der Waals surface area contributed by atoms with Gasteiger partial charge in [0.25, 0.3) is 5.69 Å². The highest BCUT2D eigenvalue weighted by molar-refractivity contribution is 7.43. The fourth-order valence-electron chi connectivity index (χ4n) is 0.851. The summed E-state index contributed by atoms with van der Waals surface area (Å²) in [6.45, 7) is 0. The Hall–Kier alpha value is -0.850. The maximum atomic E-state index is 10.4. The topological polar surface area (TPSA) is 116 Å². The molecule has 1 aromatic carbocycles. The van der Waals surface area contributed by atoms with Crippen LogP contribution in [0.2, 0.25) is 10.0 Å². The number of phosphoric acid groups is 1. The summed E-state index contributed by atoms with van der Waals surface area (Å²) in [4.78, 5) is 30.2. The van der Waals surface area contributed by atoms with Gasteiger partial charge in [0.15, 0.2) is 5.75 Å². The summed E-state index contributed by atoms with van der Waals surface area (Å²) < 4.78 is 14.3. The van der Waals surface area contributed by atoms with Gasteiger partial charge in [-0.1, -0.05) is 23.2 Å². The van der Waals surface area contributed by atoms with Crippen molar-refractivity contribution < 1.29 is 23.8 Å². The lowest BCUT2D eigenvalue weighted by Crippen LogP contribution is -2.18. The van der Waals surface area contributed by atoms with Gasteiger partial charge in [-0.05, 0) is 0 Å². The maximum absolute atomic E-state index is 10.4. The molecule has 0 aromatic heterocycles. The van der Waals surface area contributed by atoms with Crippen molar-refractivity contribution in [1.82, 2.24) is 0 Å². The van der Waals surface area contributed by atoms with E-state index in [1.165, 1.54) is 0 Å². The number of halogens is 2. The van der Waals surface area contributed by atoms with Crippen molar-refractivity contribution in [3.05, 3.63) is 32.3 Å². The lowest BCUT2D eigenvalue weighted by atomic mass is 10.3. The Morgan fingerprint density at radius 3 is 2.00 bits per heavy atom. The van der Waals surface area contributed by atoms with Crippen molar-refractivity contribution in [2.45, 2.75) is 0 Å². The molecule has 0 radical (unpaired) electrons. The molecule has 1 rings (SSSR count). The first-order chi connectivity index (χ1) is 7.20. The van der Waals surface area contributed by atoms with Gasteiger partial charge in [-0.25, -0.2) is 0 Å². The monoisotopic (exact) mass is 285 g/mol. The van der Waals surface area contributed by atoms with Crippen LogP contribution < -0.4 is 14.3 Å². The zero-order valence-electron chi connectivity index (χ0n) is 7.25. The van der Waals surface area contributed by atoms with Crippen LogP contribution in [0.25, 0.3) is 0 Å². The van der Waals surface area contributed by atoms with Gasteiger partial charge < -0.3 is 18.9 Å². The molecule has 0 aliphatic heterocycles. The Kier molecular flexibility index (Phi) is 3.77. The van der Waals surface area contributed by atoms with Crippen LogP contribution in [0.3, 0.4) is 0 Å². The molecular formula is C6H2Cl2NO6P-2. The third-order valence-corrected chi connectivity index (χ3v) is 2.36. The molecule has 7 nitrogen and oxygen atoms in total. The van der Waals surface area contributed by atoms with Crippen LogP contribution in [-0.2, 0) is 4.57 Å². The van der Waals surface area contributed by atoms with E-state index in [9.17, 15) is 24.5 Å². The van der Waals surface area contributed by atoms with Crippen molar-refractivity contribution in [3.63, 3.8) is 0 Å². The first-order valence-electron chi connectivity index (χ1n) is 3.56. The largest absolute Gasteiger partial charge is 0.780 e. The van der Waals surface area contributed by atoms with Gasteiger partial charge in [0.1, 0.15) is 7.82 Å². The Labute approximate surface area is 98.9 Å². The third kappa shape index (κ3) is 3.33. The number of nitro benzene ring substituents is 1. The first kappa shape index (κ1) is 13.2.